The molecule has 2 unspecified atom stereocenters. The molecule has 1 amide bonds. The van der Waals surface area contributed by atoms with Gasteiger partial charge in [-0.2, -0.15) is 8.78 Å². The van der Waals surface area contributed by atoms with Crippen LogP contribution in [0.5, 0.6) is 5.75 Å². The van der Waals surface area contributed by atoms with Crippen LogP contribution in [-0.2, 0) is 0 Å². The predicted octanol–water partition coefficient (Wildman–Crippen LogP) is 3.69. The predicted molar refractivity (Wildman–Crippen MR) is 72.0 cm³/mol. The summed E-state index contributed by atoms with van der Waals surface area (Å²) in [6, 6.07) is 6.30. The van der Waals surface area contributed by atoms with Crippen molar-refractivity contribution in [1.82, 2.24) is 4.90 Å². The van der Waals surface area contributed by atoms with Crippen molar-refractivity contribution in [2.24, 2.45) is 0 Å². The molecule has 1 aliphatic heterocycles. The van der Waals surface area contributed by atoms with Gasteiger partial charge in [-0.15, -0.1) is 0 Å². The van der Waals surface area contributed by atoms with E-state index in [9.17, 15) is 13.6 Å². The Morgan fingerprint density at radius 3 is 2.25 bits per heavy atom. The molecule has 2 rings (SSSR count). The van der Waals surface area contributed by atoms with Crippen LogP contribution in [0.25, 0.3) is 0 Å². The summed E-state index contributed by atoms with van der Waals surface area (Å²) in [5.41, 5.74) is 0.507. The van der Waals surface area contributed by atoms with Crippen LogP contribution in [0.3, 0.4) is 0 Å². The van der Waals surface area contributed by atoms with Crippen molar-refractivity contribution in [3.63, 3.8) is 0 Å². The molecule has 1 fully saturated rings. The number of ether oxygens (including phenoxy) is 1. The minimum Gasteiger partial charge on any atom is -0.435 e. The highest BCUT2D eigenvalue weighted by Gasteiger charge is 2.29. The molecule has 1 aromatic carbocycles. The summed E-state index contributed by atoms with van der Waals surface area (Å²) < 4.78 is 28.4. The summed E-state index contributed by atoms with van der Waals surface area (Å²) in [7, 11) is 0. The van der Waals surface area contributed by atoms with Gasteiger partial charge in [-0.1, -0.05) is 0 Å². The molecule has 1 aromatic rings. The maximum atomic E-state index is 12.5. The topological polar surface area (TPSA) is 29.5 Å². The van der Waals surface area contributed by atoms with E-state index in [1.807, 2.05) is 18.7 Å². The normalized spacial score (nSPS) is 22.9. The molecule has 5 heteroatoms. The third kappa shape index (κ3) is 3.26. The van der Waals surface area contributed by atoms with E-state index >= 15 is 0 Å². The Morgan fingerprint density at radius 2 is 1.75 bits per heavy atom. The molecular formula is C15H19F2NO2. The molecule has 0 spiro atoms. The maximum Gasteiger partial charge on any atom is 0.387 e. The fraction of sp³-hybridized carbons (Fsp3) is 0.533. The fourth-order valence-corrected chi connectivity index (χ4v) is 2.75. The lowest BCUT2D eigenvalue weighted by molar-refractivity contribution is -0.0498. The second-order valence-electron chi connectivity index (χ2n) is 5.24. The second kappa shape index (κ2) is 6.20. The number of piperidine rings is 1. The van der Waals surface area contributed by atoms with Gasteiger partial charge in [0.05, 0.1) is 0 Å². The first-order chi connectivity index (χ1) is 9.49. The average Bonchev–Trinajstić information content (AvgIpc) is 2.38. The van der Waals surface area contributed by atoms with Crippen molar-refractivity contribution in [2.45, 2.75) is 51.8 Å². The Bertz CT molecular complexity index is 451. The molecule has 0 N–H and O–H groups in total. The highest BCUT2D eigenvalue weighted by Crippen LogP contribution is 2.25. The molecule has 0 aliphatic carbocycles. The van der Waals surface area contributed by atoms with Gasteiger partial charge < -0.3 is 9.64 Å². The Kier molecular flexibility index (Phi) is 4.57. The number of nitrogens with zero attached hydrogens (tertiary/aromatic N) is 1. The van der Waals surface area contributed by atoms with E-state index < -0.39 is 6.61 Å². The van der Waals surface area contributed by atoms with Gasteiger partial charge in [0, 0.05) is 17.6 Å². The third-order valence-corrected chi connectivity index (χ3v) is 3.75. The van der Waals surface area contributed by atoms with Gasteiger partial charge in [-0.3, -0.25) is 4.79 Å². The van der Waals surface area contributed by atoms with E-state index in [-0.39, 0.29) is 23.7 Å². The lowest BCUT2D eigenvalue weighted by Crippen LogP contribution is -2.47. The van der Waals surface area contributed by atoms with Crippen molar-refractivity contribution in [3.8, 4) is 5.75 Å². The van der Waals surface area contributed by atoms with E-state index in [0.717, 1.165) is 19.3 Å². The van der Waals surface area contributed by atoms with Gasteiger partial charge in [0.15, 0.2) is 0 Å². The zero-order chi connectivity index (χ0) is 14.7. The molecule has 20 heavy (non-hydrogen) atoms. The van der Waals surface area contributed by atoms with Crippen LogP contribution < -0.4 is 4.74 Å². The summed E-state index contributed by atoms with van der Waals surface area (Å²) >= 11 is 0. The second-order valence-corrected chi connectivity index (χ2v) is 5.24. The Morgan fingerprint density at radius 1 is 1.20 bits per heavy atom. The zero-order valence-corrected chi connectivity index (χ0v) is 11.7. The number of likely N-dealkylation sites (tertiary alicyclic amines) is 1. The van der Waals surface area contributed by atoms with Crippen molar-refractivity contribution in [3.05, 3.63) is 29.8 Å². The highest BCUT2D eigenvalue weighted by atomic mass is 19.3. The number of alkyl halides is 2. The number of hydrogen-bond acceptors (Lipinski definition) is 2. The summed E-state index contributed by atoms with van der Waals surface area (Å²) in [5, 5.41) is 0. The first-order valence-electron chi connectivity index (χ1n) is 6.86. The lowest BCUT2D eigenvalue weighted by atomic mass is 9.96. The molecule has 0 bridgehead atoms. The SMILES string of the molecule is CC1CCCC(C)N1C(=O)c1ccc(OC(F)F)cc1. The van der Waals surface area contributed by atoms with E-state index in [4.69, 9.17) is 0 Å². The summed E-state index contributed by atoms with van der Waals surface area (Å²) in [5.74, 6) is 0.0181. The van der Waals surface area contributed by atoms with E-state index in [1.165, 1.54) is 24.3 Å². The number of amides is 1. The van der Waals surface area contributed by atoms with Gasteiger partial charge >= 0.3 is 6.61 Å². The number of hydrogen-bond donors (Lipinski definition) is 0. The lowest BCUT2D eigenvalue weighted by Gasteiger charge is -2.39. The Hall–Kier alpha value is -1.65. The fourth-order valence-electron chi connectivity index (χ4n) is 2.75. The number of rotatable bonds is 3. The van der Waals surface area contributed by atoms with E-state index in [2.05, 4.69) is 4.74 Å². The number of carbonyl (C=O) groups excluding carboxylic acids is 1. The van der Waals surface area contributed by atoms with Crippen LogP contribution in [0.1, 0.15) is 43.5 Å². The molecule has 1 aliphatic rings. The van der Waals surface area contributed by atoms with Gasteiger partial charge in [0.2, 0.25) is 0 Å². The molecular weight excluding hydrogens is 264 g/mol. The van der Waals surface area contributed by atoms with Crippen LogP contribution in [0.2, 0.25) is 0 Å². The maximum absolute atomic E-state index is 12.5. The van der Waals surface area contributed by atoms with Crippen molar-refractivity contribution in [2.75, 3.05) is 0 Å². The van der Waals surface area contributed by atoms with Gasteiger partial charge in [-0.25, -0.2) is 0 Å². The van der Waals surface area contributed by atoms with Gasteiger partial charge in [0.1, 0.15) is 5.75 Å². The first kappa shape index (κ1) is 14.8. The molecule has 2 atom stereocenters. The quantitative estimate of drug-likeness (QED) is 0.846. The van der Waals surface area contributed by atoms with Crippen molar-refractivity contribution in [1.29, 1.82) is 0 Å². The molecule has 1 saturated heterocycles. The van der Waals surface area contributed by atoms with E-state index in [0.29, 0.717) is 5.56 Å². The van der Waals surface area contributed by atoms with Crippen LogP contribution in [0, 0.1) is 0 Å². The van der Waals surface area contributed by atoms with Crippen molar-refractivity contribution >= 4 is 5.91 Å². The summed E-state index contributed by atoms with van der Waals surface area (Å²) in [4.78, 5) is 14.4. The minimum absolute atomic E-state index is 0.0479. The summed E-state index contributed by atoms with van der Waals surface area (Å²) in [6.07, 6.45) is 3.14. The van der Waals surface area contributed by atoms with Crippen LogP contribution >= 0.6 is 0 Å². The number of benzene rings is 1. The molecule has 0 aromatic heterocycles. The van der Waals surface area contributed by atoms with Gasteiger partial charge in [-0.05, 0) is 57.4 Å². The summed E-state index contributed by atoms with van der Waals surface area (Å²) in [6.45, 7) is 1.24. The largest absolute Gasteiger partial charge is 0.435 e. The molecule has 1 heterocycles. The highest BCUT2D eigenvalue weighted by molar-refractivity contribution is 5.94. The minimum atomic E-state index is -2.85. The third-order valence-electron chi connectivity index (χ3n) is 3.75. The average molecular weight is 283 g/mol. The number of carbonyl (C=O) groups is 1. The smallest absolute Gasteiger partial charge is 0.387 e. The molecule has 0 saturated carbocycles. The van der Waals surface area contributed by atoms with Gasteiger partial charge in [0.25, 0.3) is 5.91 Å². The first-order valence-corrected chi connectivity index (χ1v) is 6.86. The van der Waals surface area contributed by atoms with Crippen molar-refractivity contribution < 1.29 is 18.3 Å². The zero-order valence-electron chi connectivity index (χ0n) is 11.7. The Balaban J connectivity index is 2.12. The van der Waals surface area contributed by atoms with Crippen LogP contribution in [0.4, 0.5) is 8.78 Å². The standard InChI is InChI=1S/C15H19F2NO2/c1-10-4-3-5-11(2)18(10)14(19)12-6-8-13(9-7-12)20-15(16)17/h6-11,15H,3-5H2,1-2H3. The van der Waals surface area contributed by atoms with Crippen LogP contribution in [0.15, 0.2) is 24.3 Å². The molecule has 0 radical (unpaired) electrons. The monoisotopic (exact) mass is 283 g/mol. The van der Waals surface area contributed by atoms with Crippen LogP contribution in [-0.4, -0.2) is 29.5 Å². The Labute approximate surface area is 117 Å². The molecule has 110 valence electrons. The van der Waals surface area contributed by atoms with E-state index in [1.54, 1.807) is 0 Å². The molecule has 3 nitrogen and oxygen atoms in total. The number of halogens is 2.